The van der Waals surface area contributed by atoms with Crippen molar-refractivity contribution in [1.29, 1.82) is 0 Å². The minimum atomic E-state index is -1.08. The highest BCUT2D eigenvalue weighted by atomic mass is 35.5. The van der Waals surface area contributed by atoms with E-state index in [0.717, 1.165) is 29.9 Å². The van der Waals surface area contributed by atoms with Crippen molar-refractivity contribution in [2.45, 2.75) is 13.0 Å². The Morgan fingerprint density at radius 1 is 1.28 bits per heavy atom. The van der Waals surface area contributed by atoms with Gasteiger partial charge in [0.15, 0.2) is 0 Å². The van der Waals surface area contributed by atoms with E-state index in [9.17, 15) is 9.59 Å². The van der Waals surface area contributed by atoms with E-state index in [2.05, 4.69) is 15.1 Å². The maximum Gasteiger partial charge on any atom is 0.405 e. The number of hydrogen-bond donors (Lipinski definition) is 2. The number of carbonyl (C=O) groups excluding carboxylic acids is 1. The van der Waals surface area contributed by atoms with Gasteiger partial charge in [-0.25, -0.2) is 9.78 Å². The summed E-state index contributed by atoms with van der Waals surface area (Å²) >= 11 is 6.35. The van der Waals surface area contributed by atoms with Gasteiger partial charge in [-0.3, -0.25) is 9.69 Å². The molecule has 29 heavy (non-hydrogen) atoms. The first-order valence-corrected chi connectivity index (χ1v) is 9.90. The van der Waals surface area contributed by atoms with Crippen LogP contribution in [0.2, 0.25) is 5.02 Å². The highest BCUT2D eigenvalue weighted by Gasteiger charge is 2.25. The number of benzene rings is 1. The number of carbonyl (C=O) groups is 2. The van der Waals surface area contributed by atoms with Crippen molar-refractivity contribution in [2.75, 3.05) is 51.7 Å². The Morgan fingerprint density at radius 2 is 1.97 bits per heavy atom. The Balaban J connectivity index is 1.88. The Labute approximate surface area is 175 Å². The maximum atomic E-state index is 12.0. The Kier molecular flexibility index (Phi) is 6.44. The van der Waals surface area contributed by atoms with Crippen LogP contribution >= 0.6 is 11.6 Å². The summed E-state index contributed by atoms with van der Waals surface area (Å²) in [4.78, 5) is 33.8. The number of nitrogens with one attached hydrogen (secondary N) is 1. The van der Waals surface area contributed by atoms with Gasteiger partial charge in [0.05, 0.1) is 23.1 Å². The molecule has 2 aromatic rings. The van der Waals surface area contributed by atoms with E-state index < -0.39 is 12.1 Å². The molecule has 9 heteroatoms. The number of anilines is 1. The maximum absolute atomic E-state index is 12.0. The van der Waals surface area contributed by atoms with Gasteiger partial charge in [-0.1, -0.05) is 23.7 Å². The molecule has 2 heterocycles. The zero-order chi connectivity index (χ0) is 21.1. The lowest BCUT2D eigenvalue weighted by Gasteiger charge is -2.37. The summed E-state index contributed by atoms with van der Waals surface area (Å²) in [6.45, 7) is 5.02. The van der Waals surface area contributed by atoms with Gasteiger partial charge < -0.3 is 20.2 Å². The van der Waals surface area contributed by atoms with E-state index in [1.807, 2.05) is 18.2 Å². The number of nitrogens with zero attached hydrogens (tertiary/aromatic N) is 4. The summed E-state index contributed by atoms with van der Waals surface area (Å²) in [5.41, 5.74) is 1.50. The highest BCUT2D eigenvalue weighted by molar-refractivity contribution is 6.35. The molecule has 1 aromatic heterocycles. The second-order valence-electron chi connectivity index (χ2n) is 7.44. The highest BCUT2D eigenvalue weighted by Crippen LogP contribution is 2.32. The second-order valence-corrected chi connectivity index (χ2v) is 7.84. The number of aromatic nitrogens is 1. The molecule has 1 unspecified atom stereocenters. The van der Waals surface area contributed by atoms with E-state index in [1.54, 1.807) is 32.0 Å². The molecule has 0 bridgehead atoms. The third kappa shape index (κ3) is 4.89. The Morgan fingerprint density at radius 3 is 2.59 bits per heavy atom. The predicted molar refractivity (Wildman–Crippen MR) is 114 cm³/mol. The molecule has 1 fully saturated rings. The van der Waals surface area contributed by atoms with E-state index >= 15 is 0 Å². The van der Waals surface area contributed by atoms with Crippen LogP contribution in [0.5, 0.6) is 0 Å². The largest absolute Gasteiger partial charge is 0.465 e. The molecule has 1 aromatic carbocycles. The van der Waals surface area contributed by atoms with Gasteiger partial charge in [0, 0.05) is 51.2 Å². The number of halogens is 1. The number of rotatable bonds is 5. The van der Waals surface area contributed by atoms with Crippen molar-refractivity contribution in [2.24, 2.45) is 0 Å². The van der Waals surface area contributed by atoms with E-state index in [0.29, 0.717) is 30.2 Å². The summed E-state index contributed by atoms with van der Waals surface area (Å²) in [6.07, 6.45) is -1.08. The molecular weight excluding hydrogens is 394 g/mol. The Bertz CT molecular complexity index is 912. The summed E-state index contributed by atoms with van der Waals surface area (Å²) in [7, 11) is 3.51. The van der Waals surface area contributed by atoms with E-state index in [-0.39, 0.29) is 5.91 Å². The molecule has 1 atom stereocenters. The standard InChI is InChI=1S/C20H26ClN5O3/c1-13(22-20(28)29)15-11-14-5-4-6-16(21)18(14)23-19(15)26-9-7-25(8-10-26)12-17(27)24(2)3/h4-6,11,13,22H,7-10,12H2,1-3H3,(H,28,29). The second kappa shape index (κ2) is 8.84. The zero-order valence-electron chi connectivity index (χ0n) is 16.9. The zero-order valence-corrected chi connectivity index (χ0v) is 17.6. The molecular formula is C20H26ClN5O3. The van der Waals surface area contributed by atoms with Crippen LogP contribution in [0.1, 0.15) is 18.5 Å². The molecule has 8 nitrogen and oxygen atoms in total. The van der Waals surface area contributed by atoms with Crippen molar-refractivity contribution < 1.29 is 14.7 Å². The van der Waals surface area contributed by atoms with Crippen LogP contribution < -0.4 is 10.2 Å². The van der Waals surface area contributed by atoms with Crippen molar-refractivity contribution >= 4 is 40.3 Å². The van der Waals surface area contributed by atoms with Crippen LogP contribution in [0.3, 0.4) is 0 Å². The van der Waals surface area contributed by atoms with Crippen LogP contribution in [0.15, 0.2) is 24.3 Å². The van der Waals surface area contributed by atoms with E-state index in [1.165, 1.54) is 0 Å². The van der Waals surface area contributed by atoms with Crippen molar-refractivity contribution in [3.8, 4) is 0 Å². The van der Waals surface area contributed by atoms with Gasteiger partial charge in [-0.05, 0) is 19.1 Å². The average molecular weight is 420 g/mol. The number of likely N-dealkylation sites (N-methyl/N-ethyl adjacent to an activating group) is 1. The summed E-state index contributed by atoms with van der Waals surface area (Å²) in [5.74, 6) is 0.805. The third-order valence-corrected chi connectivity index (χ3v) is 5.45. The first-order chi connectivity index (χ1) is 13.8. The minimum absolute atomic E-state index is 0.0778. The number of carboxylic acid groups (broad SMARTS) is 1. The molecule has 1 aliphatic heterocycles. The van der Waals surface area contributed by atoms with E-state index in [4.69, 9.17) is 21.7 Å². The number of para-hydroxylation sites is 1. The molecule has 1 aliphatic rings. The van der Waals surface area contributed by atoms with Gasteiger partial charge >= 0.3 is 6.09 Å². The van der Waals surface area contributed by atoms with Gasteiger partial charge in [0.25, 0.3) is 0 Å². The topological polar surface area (TPSA) is 89.0 Å². The number of hydrogen-bond acceptors (Lipinski definition) is 5. The minimum Gasteiger partial charge on any atom is -0.465 e. The smallest absolute Gasteiger partial charge is 0.405 e. The van der Waals surface area contributed by atoms with Gasteiger partial charge in [0.2, 0.25) is 5.91 Å². The molecule has 2 N–H and O–H groups in total. The van der Waals surface area contributed by atoms with Crippen molar-refractivity contribution in [3.05, 3.63) is 34.9 Å². The van der Waals surface area contributed by atoms with Crippen LogP contribution in [-0.4, -0.2) is 78.7 Å². The summed E-state index contributed by atoms with van der Waals surface area (Å²) in [6, 6.07) is 7.09. The van der Waals surface area contributed by atoms with Crippen LogP contribution in [0, 0.1) is 0 Å². The molecule has 1 saturated heterocycles. The predicted octanol–water partition coefficient (Wildman–Crippen LogP) is 2.43. The summed E-state index contributed by atoms with van der Waals surface area (Å²) < 4.78 is 0. The molecule has 2 amide bonds. The first kappa shape index (κ1) is 21.1. The number of fused-ring (bicyclic) bond motifs is 1. The Hall–Kier alpha value is -2.58. The van der Waals surface area contributed by atoms with Crippen molar-refractivity contribution in [1.82, 2.24) is 20.1 Å². The molecule has 3 rings (SSSR count). The van der Waals surface area contributed by atoms with Gasteiger partial charge in [-0.2, -0.15) is 0 Å². The number of piperazine rings is 1. The number of pyridine rings is 1. The average Bonchev–Trinajstić information content (AvgIpc) is 2.67. The lowest BCUT2D eigenvalue weighted by molar-refractivity contribution is -0.129. The molecule has 0 aliphatic carbocycles. The van der Waals surface area contributed by atoms with Gasteiger partial charge in [-0.15, -0.1) is 0 Å². The van der Waals surface area contributed by atoms with Crippen LogP contribution in [0.25, 0.3) is 10.9 Å². The normalized spacial score (nSPS) is 15.9. The monoisotopic (exact) mass is 419 g/mol. The first-order valence-electron chi connectivity index (χ1n) is 9.52. The molecule has 0 spiro atoms. The lowest BCUT2D eigenvalue weighted by Crippen LogP contribution is -2.50. The quantitative estimate of drug-likeness (QED) is 0.773. The molecule has 0 radical (unpaired) electrons. The SMILES string of the molecule is CC(NC(=O)O)c1cc2cccc(Cl)c2nc1N1CCN(CC(=O)N(C)C)CC1. The molecule has 0 saturated carbocycles. The lowest BCUT2D eigenvalue weighted by atomic mass is 10.0. The van der Waals surface area contributed by atoms with Gasteiger partial charge in [0.1, 0.15) is 5.82 Å². The molecule has 156 valence electrons. The number of amides is 2. The fraction of sp³-hybridized carbons (Fsp3) is 0.450. The summed E-state index contributed by atoms with van der Waals surface area (Å²) in [5, 5.41) is 13.1. The van der Waals surface area contributed by atoms with Crippen LogP contribution in [-0.2, 0) is 4.79 Å². The fourth-order valence-electron chi connectivity index (χ4n) is 3.45. The third-order valence-electron chi connectivity index (χ3n) is 5.14. The van der Waals surface area contributed by atoms with Crippen LogP contribution in [0.4, 0.5) is 10.6 Å². The fourth-order valence-corrected chi connectivity index (χ4v) is 3.68. The van der Waals surface area contributed by atoms with Crippen molar-refractivity contribution in [3.63, 3.8) is 0 Å².